The van der Waals surface area contributed by atoms with E-state index in [2.05, 4.69) is 9.97 Å². The number of aldehydes is 2. The molecule has 0 unspecified atom stereocenters. The third-order valence-corrected chi connectivity index (χ3v) is 3.75. The number of furan rings is 2. The van der Waals surface area contributed by atoms with Crippen molar-refractivity contribution in [1.29, 1.82) is 0 Å². The van der Waals surface area contributed by atoms with E-state index < -0.39 is 11.9 Å². The number of H-pyrrole nitrogens is 2. The fourth-order valence-corrected chi connectivity index (χ4v) is 2.47. The van der Waals surface area contributed by atoms with Crippen LogP contribution in [0.2, 0.25) is 0 Å². The molecule has 0 aliphatic heterocycles. The van der Waals surface area contributed by atoms with Crippen LogP contribution in [0.25, 0.3) is 22.2 Å². The molecule has 0 atom stereocenters. The maximum absolute atomic E-state index is 11.3. The molecule has 0 aromatic carbocycles. The summed E-state index contributed by atoms with van der Waals surface area (Å²) in [4.78, 5) is 48.2. The highest BCUT2D eigenvalue weighted by atomic mass is 16.5. The van der Waals surface area contributed by atoms with E-state index in [9.17, 15) is 19.2 Å². The van der Waals surface area contributed by atoms with Crippen molar-refractivity contribution in [1.82, 2.24) is 9.97 Å². The van der Waals surface area contributed by atoms with Gasteiger partial charge in [0.25, 0.3) is 0 Å². The number of hydrogen-bond donors (Lipinski definition) is 3. The Hall–Kier alpha value is -4.08. The Bertz CT molecular complexity index is 1170. The first-order valence-electron chi connectivity index (χ1n) is 7.99. The van der Waals surface area contributed by atoms with Crippen LogP contribution in [0.15, 0.2) is 33.5 Å². The lowest BCUT2D eigenvalue weighted by molar-refractivity contribution is 0.0519. The lowest BCUT2D eigenvalue weighted by atomic mass is 10.3. The molecule has 0 radical (unpaired) electrons. The molecular weight excluding hydrogens is 372 g/mol. The number of aromatic nitrogens is 2. The van der Waals surface area contributed by atoms with Gasteiger partial charge in [0, 0.05) is 12.1 Å². The van der Waals surface area contributed by atoms with Crippen molar-refractivity contribution >= 4 is 46.7 Å². The van der Waals surface area contributed by atoms with E-state index >= 15 is 0 Å². The van der Waals surface area contributed by atoms with E-state index in [1.165, 1.54) is 24.7 Å². The number of esters is 1. The molecule has 0 aliphatic rings. The van der Waals surface area contributed by atoms with Crippen LogP contribution < -0.4 is 0 Å². The number of carbonyl (C=O) groups is 4. The van der Waals surface area contributed by atoms with Gasteiger partial charge in [-0.05, 0) is 6.92 Å². The molecule has 10 nitrogen and oxygen atoms in total. The minimum absolute atomic E-state index is 0.0115. The number of nitrogens with one attached hydrogen (secondary N) is 2. The molecule has 0 bridgehead atoms. The lowest BCUT2D eigenvalue weighted by Gasteiger charge is -1.96. The highest BCUT2D eigenvalue weighted by molar-refractivity contribution is 5.99. The average molecular weight is 386 g/mol. The van der Waals surface area contributed by atoms with Gasteiger partial charge < -0.3 is 28.6 Å². The number of hydrogen-bond acceptors (Lipinski definition) is 7. The van der Waals surface area contributed by atoms with Crippen LogP contribution in [0.5, 0.6) is 0 Å². The third-order valence-electron chi connectivity index (χ3n) is 3.75. The second-order valence-corrected chi connectivity index (χ2v) is 5.49. The number of fused-ring (bicyclic) bond motifs is 2. The zero-order valence-corrected chi connectivity index (χ0v) is 14.5. The Morgan fingerprint density at radius 3 is 1.96 bits per heavy atom. The number of ether oxygens (including phenoxy) is 1. The van der Waals surface area contributed by atoms with Crippen LogP contribution in [0, 0.1) is 0 Å². The summed E-state index contributed by atoms with van der Waals surface area (Å²) < 4.78 is 14.8. The predicted octanol–water partition coefficient (Wildman–Crippen LogP) is 3.02. The monoisotopic (exact) mass is 386 g/mol. The molecule has 10 heteroatoms. The average Bonchev–Trinajstić information content (AvgIpc) is 3.41. The summed E-state index contributed by atoms with van der Waals surface area (Å²) in [7, 11) is 0. The Kier molecular flexibility index (Phi) is 5.12. The first-order valence-corrected chi connectivity index (χ1v) is 7.99. The van der Waals surface area contributed by atoms with Crippen molar-refractivity contribution in [3.05, 3.63) is 47.2 Å². The van der Waals surface area contributed by atoms with E-state index in [0.717, 1.165) is 0 Å². The molecule has 4 aromatic heterocycles. The van der Waals surface area contributed by atoms with Gasteiger partial charge in [-0.2, -0.15) is 0 Å². The van der Waals surface area contributed by atoms with E-state index in [0.29, 0.717) is 52.5 Å². The fraction of sp³-hybridized carbons (Fsp3) is 0.111. The largest absolute Gasteiger partial charge is 0.477 e. The maximum Gasteiger partial charge on any atom is 0.354 e. The number of carbonyl (C=O) groups excluding carboxylic acids is 3. The summed E-state index contributed by atoms with van der Waals surface area (Å²) in [6.45, 7) is 2.03. The highest BCUT2D eigenvalue weighted by Crippen LogP contribution is 2.21. The highest BCUT2D eigenvalue weighted by Gasteiger charge is 2.15. The van der Waals surface area contributed by atoms with Crippen molar-refractivity contribution in [2.75, 3.05) is 6.61 Å². The first-order chi connectivity index (χ1) is 13.5. The van der Waals surface area contributed by atoms with Gasteiger partial charge >= 0.3 is 11.9 Å². The van der Waals surface area contributed by atoms with Gasteiger partial charge in [-0.1, -0.05) is 0 Å². The summed E-state index contributed by atoms with van der Waals surface area (Å²) in [5, 5.41) is 8.61. The Labute approximate surface area is 156 Å². The second kappa shape index (κ2) is 7.66. The van der Waals surface area contributed by atoms with Gasteiger partial charge in [0.2, 0.25) is 0 Å². The minimum Gasteiger partial charge on any atom is -0.477 e. The molecule has 144 valence electrons. The number of carboxylic acid groups (broad SMARTS) is 1. The van der Waals surface area contributed by atoms with Crippen LogP contribution in [0.1, 0.15) is 48.6 Å². The Balaban J connectivity index is 0.000000162. The second-order valence-electron chi connectivity index (χ2n) is 5.49. The standard InChI is InChI=1S/C10H9NO4.C8H5NO4/c1-2-14-10(13)7-3-8-9(11-7)6(4-12)5-15-8;10-2-4-3-13-6-1-5(8(11)12)9-7(4)6/h3-5,11H,2H2,1H3;1-3,9H,(H,11,12). The van der Waals surface area contributed by atoms with Crippen molar-refractivity contribution in [3.8, 4) is 0 Å². The van der Waals surface area contributed by atoms with Crippen LogP contribution in [-0.4, -0.2) is 46.2 Å². The zero-order valence-electron chi connectivity index (χ0n) is 14.5. The van der Waals surface area contributed by atoms with Gasteiger partial charge in [0.05, 0.1) is 28.8 Å². The molecule has 0 amide bonds. The molecule has 4 rings (SSSR count). The normalized spacial score (nSPS) is 10.5. The summed E-state index contributed by atoms with van der Waals surface area (Å²) in [6, 6.07) is 2.85. The topological polar surface area (TPSA) is 156 Å². The quantitative estimate of drug-likeness (QED) is 0.349. The van der Waals surface area contributed by atoms with Gasteiger partial charge in [0.1, 0.15) is 23.9 Å². The lowest BCUT2D eigenvalue weighted by Crippen LogP contribution is -2.04. The summed E-state index contributed by atoms with van der Waals surface area (Å²) in [5.74, 6) is -1.54. The van der Waals surface area contributed by atoms with Gasteiger partial charge in [-0.15, -0.1) is 0 Å². The molecule has 3 N–H and O–H groups in total. The molecule has 0 fully saturated rings. The van der Waals surface area contributed by atoms with E-state index in [1.54, 1.807) is 6.92 Å². The predicted molar refractivity (Wildman–Crippen MR) is 94.8 cm³/mol. The third kappa shape index (κ3) is 3.43. The number of rotatable bonds is 5. The maximum atomic E-state index is 11.3. The first kappa shape index (κ1) is 18.7. The van der Waals surface area contributed by atoms with Crippen LogP contribution in [0.4, 0.5) is 0 Å². The number of carboxylic acids is 1. The zero-order chi connectivity index (χ0) is 20.3. The van der Waals surface area contributed by atoms with Crippen LogP contribution in [-0.2, 0) is 4.74 Å². The molecule has 4 heterocycles. The van der Waals surface area contributed by atoms with E-state index in [-0.39, 0.29) is 11.4 Å². The molecule has 28 heavy (non-hydrogen) atoms. The van der Waals surface area contributed by atoms with Crippen LogP contribution in [0.3, 0.4) is 0 Å². The van der Waals surface area contributed by atoms with Gasteiger partial charge in [0.15, 0.2) is 23.7 Å². The SMILES string of the molecule is CCOC(=O)c1cc2occ(C=O)c2[nH]1.O=Cc1coc2cc(C(=O)O)[nH]c12. The Morgan fingerprint density at radius 1 is 1.00 bits per heavy atom. The summed E-state index contributed by atoms with van der Waals surface area (Å²) >= 11 is 0. The van der Waals surface area contributed by atoms with Crippen molar-refractivity contribution in [3.63, 3.8) is 0 Å². The molecule has 0 aliphatic carbocycles. The summed E-state index contributed by atoms with van der Waals surface area (Å²) in [5.41, 5.74) is 2.80. The van der Waals surface area contributed by atoms with Gasteiger partial charge in [-0.25, -0.2) is 9.59 Å². The number of aromatic amines is 2. The molecule has 0 saturated carbocycles. The van der Waals surface area contributed by atoms with E-state index in [4.69, 9.17) is 18.7 Å². The van der Waals surface area contributed by atoms with Crippen molar-refractivity contribution in [2.24, 2.45) is 0 Å². The van der Waals surface area contributed by atoms with Crippen LogP contribution >= 0.6 is 0 Å². The molecule has 0 spiro atoms. The van der Waals surface area contributed by atoms with E-state index in [1.807, 2.05) is 0 Å². The molecular formula is C18H14N2O8. The smallest absolute Gasteiger partial charge is 0.354 e. The minimum atomic E-state index is -1.08. The van der Waals surface area contributed by atoms with Crippen molar-refractivity contribution < 1.29 is 37.9 Å². The van der Waals surface area contributed by atoms with Gasteiger partial charge in [-0.3, -0.25) is 9.59 Å². The van der Waals surface area contributed by atoms with Crippen molar-refractivity contribution in [2.45, 2.75) is 6.92 Å². The molecule has 0 saturated heterocycles. The summed E-state index contributed by atoms with van der Waals surface area (Å²) in [6.07, 6.45) is 3.88. The Morgan fingerprint density at radius 2 is 1.50 bits per heavy atom. The molecule has 4 aromatic rings. The fourth-order valence-electron chi connectivity index (χ4n) is 2.47. The number of aromatic carboxylic acids is 1.